The van der Waals surface area contributed by atoms with Crippen LogP contribution in [0.15, 0.2) is 46.6 Å². The molecule has 3 rings (SSSR count). The van der Waals surface area contributed by atoms with E-state index in [1.165, 1.54) is 0 Å². The highest BCUT2D eigenvalue weighted by Gasteiger charge is 2.21. The molecule has 0 aliphatic rings. The van der Waals surface area contributed by atoms with E-state index < -0.39 is 0 Å². The summed E-state index contributed by atoms with van der Waals surface area (Å²) >= 11 is 1.60. The second-order valence-electron chi connectivity index (χ2n) is 4.46. The fourth-order valence-corrected chi connectivity index (χ4v) is 2.66. The van der Waals surface area contributed by atoms with Crippen molar-refractivity contribution in [1.82, 2.24) is 15.5 Å². The van der Waals surface area contributed by atoms with E-state index in [9.17, 15) is 4.79 Å². The highest BCUT2D eigenvalue weighted by molar-refractivity contribution is 7.09. The van der Waals surface area contributed by atoms with Gasteiger partial charge in [-0.05, 0) is 30.5 Å². The first kappa shape index (κ1) is 13.5. The minimum absolute atomic E-state index is 0.186. The van der Waals surface area contributed by atoms with Gasteiger partial charge in [-0.3, -0.25) is 9.78 Å². The third-order valence-electron chi connectivity index (χ3n) is 3.05. The summed E-state index contributed by atoms with van der Waals surface area (Å²) in [5.74, 6) is 0.319. The van der Waals surface area contributed by atoms with Gasteiger partial charge in [-0.2, -0.15) is 0 Å². The molecule has 0 aliphatic heterocycles. The van der Waals surface area contributed by atoms with E-state index in [4.69, 9.17) is 4.52 Å². The largest absolute Gasteiger partial charge is 0.360 e. The lowest BCUT2D eigenvalue weighted by Gasteiger charge is -2.04. The van der Waals surface area contributed by atoms with Crippen molar-refractivity contribution in [1.29, 1.82) is 0 Å². The number of thiophene rings is 1. The van der Waals surface area contributed by atoms with Crippen LogP contribution in [-0.2, 0) is 6.54 Å². The van der Waals surface area contributed by atoms with Gasteiger partial charge in [-0.25, -0.2) is 0 Å². The first-order valence-electron chi connectivity index (χ1n) is 6.43. The van der Waals surface area contributed by atoms with Gasteiger partial charge in [-0.15, -0.1) is 11.3 Å². The second kappa shape index (κ2) is 5.88. The zero-order chi connectivity index (χ0) is 14.7. The van der Waals surface area contributed by atoms with Gasteiger partial charge in [0, 0.05) is 22.8 Å². The number of rotatable bonds is 4. The van der Waals surface area contributed by atoms with Gasteiger partial charge >= 0.3 is 0 Å². The van der Waals surface area contributed by atoms with Crippen molar-refractivity contribution in [2.75, 3.05) is 0 Å². The molecule has 0 aliphatic carbocycles. The van der Waals surface area contributed by atoms with Crippen molar-refractivity contribution in [2.45, 2.75) is 13.5 Å². The molecular formula is C15H13N3O2S. The zero-order valence-corrected chi connectivity index (χ0v) is 12.2. The Kier molecular flexibility index (Phi) is 3.79. The number of aromatic nitrogens is 2. The van der Waals surface area contributed by atoms with Crippen LogP contribution in [-0.4, -0.2) is 16.0 Å². The third-order valence-corrected chi connectivity index (χ3v) is 3.92. The predicted molar refractivity (Wildman–Crippen MR) is 80.0 cm³/mol. The minimum Gasteiger partial charge on any atom is -0.360 e. The molecule has 5 nitrogen and oxygen atoms in total. The van der Waals surface area contributed by atoms with Crippen LogP contribution in [0, 0.1) is 6.92 Å². The number of nitrogens with one attached hydrogen (secondary N) is 1. The number of carbonyl (C=O) groups is 1. The predicted octanol–water partition coefficient (Wildman–Crippen LogP) is 3.04. The summed E-state index contributed by atoms with van der Waals surface area (Å²) in [6.07, 6.45) is 3.32. The van der Waals surface area contributed by atoms with Gasteiger partial charge in [0.1, 0.15) is 17.0 Å². The Morgan fingerprint density at radius 1 is 1.33 bits per heavy atom. The lowest BCUT2D eigenvalue weighted by atomic mass is 10.1. The van der Waals surface area contributed by atoms with E-state index >= 15 is 0 Å². The van der Waals surface area contributed by atoms with Crippen LogP contribution in [0.3, 0.4) is 0 Å². The highest BCUT2D eigenvalue weighted by Crippen LogP contribution is 2.24. The van der Waals surface area contributed by atoms with Crippen LogP contribution in [0.1, 0.15) is 21.0 Å². The molecular weight excluding hydrogens is 286 g/mol. The number of hydrogen-bond acceptors (Lipinski definition) is 5. The lowest BCUT2D eigenvalue weighted by molar-refractivity contribution is 0.0950. The van der Waals surface area contributed by atoms with Crippen molar-refractivity contribution in [3.05, 3.63) is 58.2 Å². The number of hydrogen-bond donors (Lipinski definition) is 1. The first-order valence-corrected chi connectivity index (χ1v) is 7.31. The lowest BCUT2D eigenvalue weighted by Crippen LogP contribution is -2.23. The molecule has 0 saturated heterocycles. The van der Waals surface area contributed by atoms with Crippen LogP contribution >= 0.6 is 11.3 Å². The Bertz CT molecular complexity index is 736. The SMILES string of the molecule is Cc1onc(-c2ccncc2)c1C(=O)NCc1cccs1. The maximum absolute atomic E-state index is 12.4. The summed E-state index contributed by atoms with van der Waals surface area (Å²) in [7, 11) is 0. The average Bonchev–Trinajstić information content (AvgIpc) is 3.15. The van der Waals surface area contributed by atoms with E-state index in [1.54, 1.807) is 42.8 Å². The number of carbonyl (C=O) groups excluding carboxylic acids is 1. The molecule has 6 heteroatoms. The van der Waals surface area contributed by atoms with E-state index in [-0.39, 0.29) is 5.91 Å². The Morgan fingerprint density at radius 2 is 2.14 bits per heavy atom. The fraction of sp³-hybridized carbons (Fsp3) is 0.133. The van der Waals surface area contributed by atoms with Gasteiger partial charge < -0.3 is 9.84 Å². The molecule has 0 saturated carbocycles. The molecule has 3 heterocycles. The molecule has 21 heavy (non-hydrogen) atoms. The third kappa shape index (κ3) is 2.85. The highest BCUT2D eigenvalue weighted by atomic mass is 32.1. The average molecular weight is 299 g/mol. The zero-order valence-electron chi connectivity index (χ0n) is 11.4. The van der Waals surface area contributed by atoms with E-state index in [1.807, 2.05) is 17.5 Å². The van der Waals surface area contributed by atoms with Gasteiger partial charge in [0.25, 0.3) is 5.91 Å². The summed E-state index contributed by atoms with van der Waals surface area (Å²) < 4.78 is 5.18. The minimum atomic E-state index is -0.186. The summed E-state index contributed by atoms with van der Waals surface area (Å²) in [5, 5.41) is 8.87. The second-order valence-corrected chi connectivity index (χ2v) is 5.49. The number of amides is 1. The molecule has 0 fully saturated rings. The molecule has 1 amide bonds. The van der Waals surface area contributed by atoms with Crippen molar-refractivity contribution in [3.63, 3.8) is 0 Å². The number of nitrogens with zero attached hydrogens (tertiary/aromatic N) is 2. The number of aryl methyl sites for hydroxylation is 1. The van der Waals surface area contributed by atoms with Crippen molar-refractivity contribution < 1.29 is 9.32 Å². The van der Waals surface area contributed by atoms with Crippen LogP contribution in [0.2, 0.25) is 0 Å². The van der Waals surface area contributed by atoms with E-state index in [0.29, 0.717) is 23.6 Å². The Morgan fingerprint density at radius 3 is 2.86 bits per heavy atom. The Balaban J connectivity index is 1.84. The molecule has 0 radical (unpaired) electrons. The monoisotopic (exact) mass is 299 g/mol. The molecule has 0 unspecified atom stereocenters. The topological polar surface area (TPSA) is 68.0 Å². The van der Waals surface area contributed by atoms with Gasteiger partial charge in [0.05, 0.1) is 6.54 Å². The fourth-order valence-electron chi connectivity index (χ4n) is 2.02. The molecule has 0 bridgehead atoms. The molecule has 1 N–H and O–H groups in total. The molecule has 0 aromatic carbocycles. The Hall–Kier alpha value is -2.47. The summed E-state index contributed by atoms with van der Waals surface area (Å²) in [6, 6.07) is 7.54. The van der Waals surface area contributed by atoms with Gasteiger partial charge in [0.2, 0.25) is 0 Å². The standard InChI is InChI=1S/C15H13N3O2S/c1-10-13(15(19)17-9-12-3-2-8-21-12)14(18-20-10)11-4-6-16-7-5-11/h2-8H,9H2,1H3,(H,17,19). The van der Waals surface area contributed by atoms with Gasteiger partial charge in [-0.1, -0.05) is 11.2 Å². The van der Waals surface area contributed by atoms with Crippen LogP contribution in [0.4, 0.5) is 0 Å². The maximum Gasteiger partial charge on any atom is 0.257 e. The van der Waals surface area contributed by atoms with Crippen LogP contribution in [0.5, 0.6) is 0 Å². The molecule has 3 aromatic rings. The molecule has 0 spiro atoms. The van der Waals surface area contributed by atoms with E-state index in [0.717, 1.165) is 10.4 Å². The van der Waals surface area contributed by atoms with Crippen molar-refractivity contribution in [2.24, 2.45) is 0 Å². The number of pyridine rings is 1. The van der Waals surface area contributed by atoms with Crippen LogP contribution in [0.25, 0.3) is 11.3 Å². The van der Waals surface area contributed by atoms with Crippen molar-refractivity contribution >= 4 is 17.2 Å². The molecule has 0 atom stereocenters. The summed E-state index contributed by atoms with van der Waals surface area (Å²) in [6.45, 7) is 2.23. The quantitative estimate of drug-likeness (QED) is 0.804. The molecule has 106 valence electrons. The van der Waals surface area contributed by atoms with Crippen molar-refractivity contribution in [3.8, 4) is 11.3 Å². The summed E-state index contributed by atoms with van der Waals surface area (Å²) in [4.78, 5) is 17.5. The van der Waals surface area contributed by atoms with Crippen LogP contribution < -0.4 is 5.32 Å². The smallest absolute Gasteiger partial charge is 0.257 e. The summed E-state index contributed by atoms with van der Waals surface area (Å²) in [5.41, 5.74) is 1.82. The normalized spacial score (nSPS) is 10.5. The molecule has 3 aromatic heterocycles. The first-order chi connectivity index (χ1) is 10.3. The maximum atomic E-state index is 12.4. The van der Waals surface area contributed by atoms with Gasteiger partial charge in [0.15, 0.2) is 0 Å². The van der Waals surface area contributed by atoms with E-state index in [2.05, 4.69) is 15.5 Å². The Labute approximate surface area is 125 Å².